The van der Waals surface area contributed by atoms with E-state index in [2.05, 4.69) is 5.32 Å². The van der Waals surface area contributed by atoms with E-state index < -0.39 is 0 Å². The third kappa shape index (κ3) is 3.00. The van der Waals surface area contributed by atoms with Crippen molar-refractivity contribution in [2.24, 2.45) is 0 Å². The monoisotopic (exact) mass is 215 g/mol. The second-order valence-corrected chi connectivity index (χ2v) is 3.34. The van der Waals surface area contributed by atoms with Crippen molar-refractivity contribution in [1.82, 2.24) is 5.32 Å². The van der Waals surface area contributed by atoms with Crippen molar-refractivity contribution in [3.63, 3.8) is 0 Å². The number of hydrogen-bond acceptors (Lipinski definition) is 1. The molecule has 0 fully saturated rings. The standard InChI is InChI=1S/C10H11ClFNO/c1-7(14)13-6-5-8-9(11)3-2-4-10(8)12/h2-4H,5-6H2,1H3,(H,13,14). The summed E-state index contributed by atoms with van der Waals surface area (Å²) in [6.45, 7) is 1.82. The van der Waals surface area contributed by atoms with Gasteiger partial charge in [-0.05, 0) is 18.6 Å². The van der Waals surface area contributed by atoms with E-state index in [9.17, 15) is 9.18 Å². The van der Waals surface area contributed by atoms with E-state index in [1.54, 1.807) is 12.1 Å². The molecule has 0 aliphatic heterocycles. The lowest BCUT2D eigenvalue weighted by molar-refractivity contribution is -0.118. The molecule has 0 atom stereocenters. The topological polar surface area (TPSA) is 29.1 Å². The average molecular weight is 216 g/mol. The van der Waals surface area contributed by atoms with E-state index in [0.29, 0.717) is 23.6 Å². The predicted molar refractivity (Wildman–Crippen MR) is 53.8 cm³/mol. The maximum absolute atomic E-state index is 13.2. The highest BCUT2D eigenvalue weighted by molar-refractivity contribution is 6.31. The maximum Gasteiger partial charge on any atom is 0.216 e. The SMILES string of the molecule is CC(=O)NCCc1c(F)cccc1Cl. The van der Waals surface area contributed by atoms with Crippen molar-refractivity contribution in [3.05, 3.63) is 34.6 Å². The smallest absolute Gasteiger partial charge is 0.216 e. The Kier molecular flexibility index (Phi) is 3.89. The lowest BCUT2D eigenvalue weighted by Gasteiger charge is -2.05. The van der Waals surface area contributed by atoms with Crippen LogP contribution in [0.25, 0.3) is 0 Å². The number of carbonyl (C=O) groups is 1. The molecule has 76 valence electrons. The molecule has 0 saturated heterocycles. The molecule has 0 spiro atoms. The van der Waals surface area contributed by atoms with Gasteiger partial charge in [-0.25, -0.2) is 4.39 Å². The van der Waals surface area contributed by atoms with Crippen LogP contribution in [0.5, 0.6) is 0 Å². The summed E-state index contributed by atoms with van der Waals surface area (Å²) in [5.41, 5.74) is 0.447. The summed E-state index contributed by atoms with van der Waals surface area (Å²) in [6.07, 6.45) is 0.408. The van der Waals surface area contributed by atoms with Gasteiger partial charge in [-0.1, -0.05) is 17.7 Å². The molecule has 1 N–H and O–H groups in total. The molecule has 0 heterocycles. The number of hydrogen-bond donors (Lipinski definition) is 1. The van der Waals surface area contributed by atoms with Gasteiger partial charge in [-0.3, -0.25) is 4.79 Å². The molecule has 1 rings (SSSR count). The zero-order valence-corrected chi connectivity index (χ0v) is 8.57. The Morgan fingerprint density at radius 3 is 2.86 bits per heavy atom. The zero-order chi connectivity index (χ0) is 10.6. The largest absolute Gasteiger partial charge is 0.356 e. The van der Waals surface area contributed by atoms with Crippen LogP contribution >= 0.6 is 11.6 Å². The molecule has 0 aliphatic carbocycles. The number of carbonyl (C=O) groups excluding carboxylic acids is 1. The van der Waals surface area contributed by atoms with Crippen LogP contribution in [0.4, 0.5) is 4.39 Å². The van der Waals surface area contributed by atoms with Crippen LogP contribution in [0.15, 0.2) is 18.2 Å². The van der Waals surface area contributed by atoms with Gasteiger partial charge in [0.1, 0.15) is 5.82 Å². The van der Waals surface area contributed by atoms with Gasteiger partial charge in [-0.2, -0.15) is 0 Å². The van der Waals surface area contributed by atoms with Crippen LogP contribution in [0.3, 0.4) is 0 Å². The van der Waals surface area contributed by atoms with Crippen LogP contribution in [0.1, 0.15) is 12.5 Å². The Morgan fingerprint density at radius 2 is 2.29 bits per heavy atom. The van der Waals surface area contributed by atoms with E-state index in [1.807, 2.05) is 0 Å². The molecular weight excluding hydrogens is 205 g/mol. The number of rotatable bonds is 3. The van der Waals surface area contributed by atoms with Crippen molar-refractivity contribution < 1.29 is 9.18 Å². The summed E-state index contributed by atoms with van der Waals surface area (Å²) in [6, 6.07) is 4.54. The quantitative estimate of drug-likeness (QED) is 0.823. The highest BCUT2D eigenvalue weighted by atomic mass is 35.5. The fourth-order valence-electron chi connectivity index (χ4n) is 1.13. The fraction of sp³-hybridized carbons (Fsp3) is 0.300. The molecule has 1 aromatic carbocycles. The van der Waals surface area contributed by atoms with Gasteiger partial charge >= 0.3 is 0 Å². The molecule has 0 aliphatic rings. The first-order chi connectivity index (χ1) is 6.61. The van der Waals surface area contributed by atoms with Crippen molar-refractivity contribution >= 4 is 17.5 Å². The van der Waals surface area contributed by atoms with Crippen molar-refractivity contribution in [2.45, 2.75) is 13.3 Å². The number of benzene rings is 1. The first kappa shape index (κ1) is 11.0. The Bertz CT molecular complexity index is 321. The third-order valence-corrected chi connectivity index (χ3v) is 2.16. The van der Waals surface area contributed by atoms with Gasteiger partial charge in [0.2, 0.25) is 5.91 Å². The van der Waals surface area contributed by atoms with Gasteiger partial charge in [-0.15, -0.1) is 0 Å². The van der Waals surface area contributed by atoms with Crippen molar-refractivity contribution in [1.29, 1.82) is 0 Å². The van der Waals surface area contributed by atoms with Gasteiger partial charge in [0.15, 0.2) is 0 Å². The highest BCUT2D eigenvalue weighted by Crippen LogP contribution is 2.18. The molecule has 0 bridgehead atoms. The van der Waals surface area contributed by atoms with E-state index in [1.165, 1.54) is 13.0 Å². The Balaban J connectivity index is 2.62. The van der Waals surface area contributed by atoms with Gasteiger partial charge in [0.05, 0.1) is 0 Å². The molecule has 1 amide bonds. The van der Waals surface area contributed by atoms with Crippen LogP contribution in [0, 0.1) is 5.82 Å². The molecule has 0 radical (unpaired) electrons. The van der Waals surface area contributed by atoms with Gasteiger partial charge in [0, 0.05) is 24.1 Å². The Labute approximate surface area is 87.1 Å². The van der Waals surface area contributed by atoms with E-state index in [-0.39, 0.29) is 11.7 Å². The second-order valence-electron chi connectivity index (χ2n) is 2.93. The molecular formula is C10H11ClFNO. The van der Waals surface area contributed by atoms with Gasteiger partial charge < -0.3 is 5.32 Å². The fourth-order valence-corrected chi connectivity index (χ4v) is 1.39. The van der Waals surface area contributed by atoms with Crippen LogP contribution in [-0.2, 0) is 11.2 Å². The Morgan fingerprint density at radius 1 is 1.57 bits per heavy atom. The van der Waals surface area contributed by atoms with E-state index in [0.717, 1.165) is 0 Å². The summed E-state index contributed by atoms with van der Waals surface area (Å²) in [5, 5.41) is 2.98. The Hall–Kier alpha value is -1.09. The molecule has 14 heavy (non-hydrogen) atoms. The average Bonchev–Trinajstić information content (AvgIpc) is 2.09. The summed E-state index contributed by atoms with van der Waals surface area (Å²) >= 11 is 5.79. The molecule has 0 aromatic heterocycles. The summed E-state index contributed by atoms with van der Waals surface area (Å²) in [7, 11) is 0. The first-order valence-corrected chi connectivity index (χ1v) is 4.66. The number of halogens is 2. The molecule has 1 aromatic rings. The molecule has 2 nitrogen and oxygen atoms in total. The molecule has 0 saturated carbocycles. The van der Waals surface area contributed by atoms with E-state index >= 15 is 0 Å². The summed E-state index contributed by atoms with van der Waals surface area (Å²) in [5.74, 6) is -0.458. The number of amides is 1. The second kappa shape index (κ2) is 4.96. The van der Waals surface area contributed by atoms with Crippen molar-refractivity contribution in [3.8, 4) is 0 Å². The minimum atomic E-state index is -0.331. The third-order valence-electron chi connectivity index (χ3n) is 1.81. The van der Waals surface area contributed by atoms with Crippen LogP contribution in [0.2, 0.25) is 5.02 Å². The summed E-state index contributed by atoms with van der Waals surface area (Å²) < 4.78 is 13.2. The minimum Gasteiger partial charge on any atom is -0.356 e. The lowest BCUT2D eigenvalue weighted by atomic mass is 10.1. The van der Waals surface area contributed by atoms with Gasteiger partial charge in [0.25, 0.3) is 0 Å². The van der Waals surface area contributed by atoms with Crippen LogP contribution in [-0.4, -0.2) is 12.5 Å². The lowest BCUT2D eigenvalue weighted by Crippen LogP contribution is -2.22. The predicted octanol–water partition coefficient (Wildman–Crippen LogP) is 2.16. The van der Waals surface area contributed by atoms with E-state index in [4.69, 9.17) is 11.6 Å². The molecule has 4 heteroatoms. The summed E-state index contributed by atoms with van der Waals surface area (Å²) in [4.78, 5) is 10.6. The minimum absolute atomic E-state index is 0.127. The maximum atomic E-state index is 13.2. The van der Waals surface area contributed by atoms with Crippen molar-refractivity contribution in [2.75, 3.05) is 6.54 Å². The highest BCUT2D eigenvalue weighted by Gasteiger charge is 2.05. The first-order valence-electron chi connectivity index (χ1n) is 4.28. The normalized spacial score (nSPS) is 9.93. The number of nitrogens with one attached hydrogen (secondary N) is 1. The zero-order valence-electron chi connectivity index (χ0n) is 7.81. The molecule has 0 unspecified atom stereocenters. The van der Waals surface area contributed by atoms with Crippen LogP contribution < -0.4 is 5.32 Å².